The maximum absolute atomic E-state index is 12.1. The van der Waals surface area contributed by atoms with Crippen LogP contribution in [0.2, 0.25) is 0 Å². The lowest BCUT2D eigenvalue weighted by molar-refractivity contribution is 0.251. The number of nitrogens with zero attached hydrogens (tertiary/aromatic N) is 2. The number of aryl methyl sites for hydroxylation is 3. The standard InChI is InChI=1S/C21H24N4O/c1-15-9-10-19(13-16(15)2)24-21(26)22-11-12-25-17(3)14-23-20(25)18-7-5-4-6-8-18/h4-10,13-14H,11-12H2,1-3H3,(H2,22,24,26). The highest BCUT2D eigenvalue weighted by molar-refractivity contribution is 5.89. The van der Waals surface area contributed by atoms with Gasteiger partial charge in [-0.25, -0.2) is 9.78 Å². The molecule has 1 aromatic heterocycles. The Labute approximate surface area is 154 Å². The number of benzene rings is 2. The summed E-state index contributed by atoms with van der Waals surface area (Å²) in [6.45, 7) is 7.29. The third-order valence-corrected chi connectivity index (χ3v) is 4.47. The molecule has 2 amide bonds. The molecule has 0 unspecified atom stereocenters. The molecule has 0 spiro atoms. The van der Waals surface area contributed by atoms with Crippen molar-refractivity contribution in [1.82, 2.24) is 14.9 Å². The van der Waals surface area contributed by atoms with E-state index in [4.69, 9.17) is 0 Å². The summed E-state index contributed by atoms with van der Waals surface area (Å²) in [7, 11) is 0. The van der Waals surface area contributed by atoms with Gasteiger partial charge < -0.3 is 15.2 Å². The van der Waals surface area contributed by atoms with E-state index in [2.05, 4.69) is 27.1 Å². The van der Waals surface area contributed by atoms with E-state index >= 15 is 0 Å². The van der Waals surface area contributed by atoms with Crippen molar-refractivity contribution in [1.29, 1.82) is 0 Å². The van der Waals surface area contributed by atoms with Gasteiger partial charge >= 0.3 is 6.03 Å². The normalized spacial score (nSPS) is 10.6. The molecule has 0 aliphatic heterocycles. The van der Waals surface area contributed by atoms with Crippen LogP contribution in [0.3, 0.4) is 0 Å². The smallest absolute Gasteiger partial charge is 0.319 e. The highest BCUT2D eigenvalue weighted by Crippen LogP contribution is 2.19. The van der Waals surface area contributed by atoms with Gasteiger partial charge in [-0.2, -0.15) is 0 Å². The highest BCUT2D eigenvalue weighted by Gasteiger charge is 2.09. The van der Waals surface area contributed by atoms with Crippen LogP contribution in [0.5, 0.6) is 0 Å². The lowest BCUT2D eigenvalue weighted by Gasteiger charge is -2.12. The van der Waals surface area contributed by atoms with Crippen molar-refractivity contribution >= 4 is 11.7 Å². The summed E-state index contributed by atoms with van der Waals surface area (Å²) < 4.78 is 2.12. The number of imidazole rings is 1. The lowest BCUT2D eigenvalue weighted by Crippen LogP contribution is -2.31. The number of hydrogen-bond donors (Lipinski definition) is 2. The molecule has 0 aliphatic rings. The molecule has 5 heteroatoms. The van der Waals surface area contributed by atoms with E-state index in [1.165, 1.54) is 5.56 Å². The first kappa shape index (κ1) is 17.7. The zero-order valence-corrected chi connectivity index (χ0v) is 15.4. The number of carbonyl (C=O) groups is 1. The van der Waals surface area contributed by atoms with Crippen LogP contribution in [0.4, 0.5) is 10.5 Å². The molecule has 0 bridgehead atoms. The Bertz CT molecular complexity index is 900. The van der Waals surface area contributed by atoms with Crippen LogP contribution in [0.1, 0.15) is 16.8 Å². The van der Waals surface area contributed by atoms with Crippen molar-refractivity contribution < 1.29 is 4.79 Å². The Kier molecular flexibility index (Phi) is 5.37. The number of hydrogen-bond acceptors (Lipinski definition) is 2. The molecule has 3 rings (SSSR count). The molecule has 0 fully saturated rings. The summed E-state index contributed by atoms with van der Waals surface area (Å²) in [5.74, 6) is 0.916. The predicted molar refractivity (Wildman–Crippen MR) is 105 cm³/mol. The number of amides is 2. The van der Waals surface area contributed by atoms with E-state index in [1.807, 2.05) is 68.6 Å². The molecule has 5 nitrogen and oxygen atoms in total. The van der Waals surface area contributed by atoms with Gasteiger partial charge in [-0.05, 0) is 44.0 Å². The van der Waals surface area contributed by atoms with Crippen molar-refractivity contribution in [3.63, 3.8) is 0 Å². The number of anilines is 1. The first-order valence-electron chi connectivity index (χ1n) is 8.74. The van der Waals surface area contributed by atoms with Gasteiger partial charge in [0.05, 0.1) is 0 Å². The SMILES string of the molecule is Cc1ccc(NC(=O)NCCn2c(C)cnc2-c2ccccc2)cc1C. The highest BCUT2D eigenvalue weighted by atomic mass is 16.2. The number of urea groups is 1. The average Bonchev–Trinajstić information content (AvgIpc) is 3.00. The summed E-state index contributed by atoms with van der Waals surface area (Å²) >= 11 is 0. The predicted octanol–water partition coefficient (Wildman–Crippen LogP) is 4.30. The third kappa shape index (κ3) is 4.11. The van der Waals surface area contributed by atoms with Gasteiger partial charge in [0, 0.05) is 36.2 Å². The molecule has 1 heterocycles. The van der Waals surface area contributed by atoms with E-state index < -0.39 is 0 Å². The quantitative estimate of drug-likeness (QED) is 0.722. The summed E-state index contributed by atoms with van der Waals surface area (Å²) in [6.07, 6.45) is 1.86. The van der Waals surface area contributed by atoms with Crippen LogP contribution in [-0.2, 0) is 6.54 Å². The Morgan fingerprint density at radius 2 is 1.81 bits per heavy atom. The molecular weight excluding hydrogens is 324 g/mol. The second kappa shape index (κ2) is 7.87. The summed E-state index contributed by atoms with van der Waals surface area (Å²) in [5, 5.41) is 5.79. The minimum absolute atomic E-state index is 0.202. The van der Waals surface area contributed by atoms with Gasteiger partial charge in [-0.3, -0.25) is 0 Å². The van der Waals surface area contributed by atoms with Crippen LogP contribution in [0, 0.1) is 20.8 Å². The fourth-order valence-corrected chi connectivity index (χ4v) is 2.84. The fraction of sp³-hybridized carbons (Fsp3) is 0.238. The third-order valence-electron chi connectivity index (χ3n) is 4.47. The van der Waals surface area contributed by atoms with Crippen LogP contribution in [0.25, 0.3) is 11.4 Å². The van der Waals surface area contributed by atoms with E-state index in [0.717, 1.165) is 28.3 Å². The zero-order valence-electron chi connectivity index (χ0n) is 15.4. The lowest BCUT2D eigenvalue weighted by atomic mass is 10.1. The van der Waals surface area contributed by atoms with Crippen molar-refractivity contribution in [3.8, 4) is 11.4 Å². The topological polar surface area (TPSA) is 59.0 Å². The molecule has 2 N–H and O–H groups in total. The summed E-state index contributed by atoms with van der Waals surface area (Å²) in [4.78, 5) is 16.6. The number of carbonyl (C=O) groups excluding carboxylic acids is 1. The second-order valence-corrected chi connectivity index (χ2v) is 6.42. The summed E-state index contributed by atoms with van der Waals surface area (Å²) in [6, 6.07) is 15.8. The minimum atomic E-state index is -0.202. The fourth-order valence-electron chi connectivity index (χ4n) is 2.84. The number of nitrogens with one attached hydrogen (secondary N) is 2. The van der Waals surface area contributed by atoms with Gasteiger partial charge in [0.2, 0.25) is 0 Å². The monoisotopic (exact) mass is 348 g/mol. The van der Waals surface area contributed by atoms with E-state index in [-0.39, 0.29) is 6.03 Å². The van der Waals surface area contributed by atoms with E-state index in [0.29, 0.717) is 13.1 Å². The van der Waals surface area contributed by atoms with Crippen LogP contribution in [0.15, 0.2) is 54.7 Å². The van der Waals surface area contributed by atoms with Crippen molar-refractivity contribution in [2.45, 2.75) is 27.3 Å². The first-order valence-corrected chi connectivity index (χ1v) is 8.74. The molecule has 0 saturated carbocycles. The van der Waals surface area contributed by atoms with Gasteiger partial charge in [0.1, 0.15) is 5.82 Å². The maximum atomic E-state index is 12.1. The molecule has 0 radical (unpaired) electrons. The molecule has 134 valence electrons. The second-order valence-electron chi connectivity index (χ2n) is 6.42. The number of aromatic nitrogens is 2. The molecule has 26 heavy (non-hydrogen) atoms. The van der Waals surface area contributed by atoms with Crippen LogP contribution in [-0.4, -0.2) is 22.1 Å². The minimum Gasteiger partial charge on any atom is -0.336 e. The molecule has 3 aromatic rings. The molecular formula is C21H24N4O. The Balaban J connectivity index is 1.59. The van der Waals surface area contributed by atoms with E-state index in [1.54, 1.807) is 0 Å². The summed E-state index contributed by atoms with van der Waals surface area (Å²) in [5.41, 5.74) is 5.30. The Morgan fingerprint density at radius 1 is 1.04 bits per heavy atom. The van der Waals surface area contributed by atoms with Crippen molar-refractivity contribution in [2.24, 2.45) is 0 Å². The Morgan fingerprint density at radius 3 is 2.54 bits per heavy atom. The molecule has 0 aliphatic carbocycles. The Hall–Kier alpha value is -3.08. The molecule has 0 saturated heterocycles. The van der Waals surface area contributed by atoms with Gasteiger partial charge in [0.25, 0.3) is 0 Å². The average molecular weight is 348 g/mol. The van der Waals surface area contributed by atoms with Gasteiger partial charge in [-0.15, -0.1) is 0 Å². The number of rotatable bonds is 5. The largest absolute Gasteiger partial charge is 0.336 e. The van der Waals surface area contributed by atoms with Gasteiger partial charge in [-0.1, -0.05) is 36.4 Å². The van der Waals surface area contributed by atoms with Crippen LogP contribution >= 0.6 is 0 Å². The van der Waals surface area contributed by atoms with Crippen LogP contribution < -0.4 is 10.6 Å². The molecule has 0 atom stereocenters. The maximum Gasteiger partial charge on any atom is 0.319 e. The first-order chi connectivity index (χ1) is 12.5. The zero-order chi connectivity index (χ0) is 18.5. The van der Waals surface area contributed by atoms with Crippen molar-refractivity contribution in [3.05, 3.63) is 71.5 Å². The van der Waals surface area contributed by atoms with Crippen molar-refractivity contribution in [2.75, 3.05) is 11.9 Å². The molecule has 2 aromatic carbocycles. The van der Waals surface area contributed by atoms with Gasteiger partial charge in [0.15, 0.2) is 0 Å². The van der Waals surface area contributed by atoms with E-state index in [9.17, 15) is 4.79 Å².